The number of carbonyl (C=O) groups excluding carboxylic acids is 1. The zero-order valence-electron chi connectivity index (χ0n) is 9.09. The van der Waals surface area contributed by atoms with Crippen molar-refractivity contribution in [1.82, 2.24) is 0 Å². The number of ketones is 1. The zero-order chi connectivity index (χ0) is 12.1. The lowest BCUT2D eigenvalue weighted by atomic mass is 10.2. The van der Waals surface area contributed by atoms with Gasteiger partial charge in [0.05, 0.1) is 11.1 Å². The lowest BCUT2D eigenvalue weighted by Crippen LogP contribution is -1.95. The Morgan fingerprint density at radius 1 is 1.44 bits per heavy atom. The van der Waals surface area contributed by atoms with E-state index in [0.717, 1.165) is 20.3 Å². The summed E-state index contributed by atoms with van der Waals surface area (Å²) in [7, 11) is 0. The number of rotatable bonds is 4. The summed E-state index contributed by atoms with van der Waals surface area (Å²) < 4.78 is 7.33. The molecule has 0 bridgehead atoms. The van der Waals surface area contributed by atoms with Crippen LogP contribution in [0.4, 0.5) is 0 Å². The highest BCUT2D eigenvalue weighted by Crippen LogP contribution is 2.33. The van der Waals surface area contributed by atoms with Gasteiger partial charge in [-0.1, -0.05) is 15.9 Å². The van der Waals surface area contributed by atoms with Crippen LogP contribution in [0.2, 0.25) is 0 Å². The Morgan fingerprint density at radius 3 is 2.69 bits per heavy atom. The molecule has 86 valence electrons. The Morgan fingerprint density at radius 2 is 2.12 bits per heavy atom. The van der Waals surface area contributed by atoms with Crippen LogP contribution < -0.4 is 4.74 Å². The molecule has 0 radical (unpaired) electrons. The van der Waals surface area contributed by atoms with Gasteiger partial charge in [-0.05, 0) is 54.1 Å². The first-order valence-electron chi connectivity index (χ1n) is 4.85. The molecule has 0 saturated carbocycles. The summed E-state index contributed by atoms with van der Waals surface area (Å²) in [6.45, 7) is 4.03. The Labute approximate surface area is 112 Å². The summed E-state index contributed by atoms with van der Waals surface area (Å²) in [5, 5.41) is 0. The Hall–Kier alpha value is -0.610. The van der Waals surface area contributed by atoms with E-state index in [2.05, 4.69) is 31.9 Å². The molecule has 0 heterocycles. The van der Waals surface area contributed by atoms with Crippen LogP contribution in [0.15, 0.2) is 27.2 Å². The molecule has 0 unspecified atom stereocenters. The fourth-order valence-electron chi connectivity index (χ4n) is 1.21. The molecule has 1 rings (SSSR count). The topological polar surface area (TPSA) is 26.3 Å². The lowest BCUT2D eigenvalue weighted by molar-refractivity contribution is -0.112. The number of benzene rings is 1. The summed E-state index contributed by atoms with van der Waals surface area (Å²) in [5.41, 5.74) is 0.873. The molecule has 4 heteroatoms. The lowest BCUT2D eigenvalue weighted by Gasteiger charge is -2.10. The van der Waals surface area contributed by atoms with Crippen molar-refractivity contribution in [3.05, 3.63) is 32.7 Å². The minimum atomic E-state index is 0.0125. The summed E-state index contributed by atoms with van der Waals surface area (Å²) >= 11 is 6.83. The minimum absolute atomic E-state index is 0.0125. The molecule has 0 fully saturated rings. The highest BCUT2D eigenvalue weighted by atomic mass is 79.9. The highest BCUT2D eigenvalue weighted by Gasteiger charge is 2.07. The quantitative estimate of drug-likeness (QED) is 0.762. The van der Waals surface area contributed by atoms with Crippen molar-refractivity contribution in [3.63, 3.8) is 0 Å². The van der Waals surface area contributed by atoms with Crippen molar-refractivity contribution in [3.8, 4) is 5.75 Å². The number of carbonyl (C=O) groups is 1. The Kier molecular flexibility index (Phi) is 5.22. The third kappa shape index (κ3) is 3.76. The summed E-state index contributed by atoms with van der Waals surface area (Å²) in [4.78, 5) is 10.9. The number of halogens is 2. The Balaban J connectivity index is 3.18. The van der Waals surface area contributed by atoms with E-state index in [0.29, 0.717) is 6.61 Å². The van der Waals surface area contributed by atoms with Crippen LogP contribution in [0.5, 0.6) is 5.75 Å². The van der Waals surface area contributed by atoms with Crippen molar-refractivity contribution in [2.45, 2.75) is 13.8 Å². The fraction of sp³-hybridized carbons (Fsp3) is 0.250. The second-order valence-corrected chi connectivity index (χ2v) is 4.95. The van der Waals surface area contributed by atoms with Crippen molar-refractivity contribution >= 4 is 43.7 Å². The van der Waals surface area contributed by atoms with Crippen LogP contribution in [0.25, 0.3) is 6.08 Å². The largest absolute Gasteiger partial charge is 0.492 e. The summed E-state index contributed by atoms with van der Waals surface area (Å²) in [6.07, 6.45) is 3.28. The molecule has 0 N–H and O–H groups in total. The molecule has 16 heavy (non-hydrogen) atoms. The summed E-state index contributed by atoms with van der Waals surface area (Å²) in [5.74, 6) is 0.766. The van der Waals surface area contributed by atoms with Crippen LogP contribution in [-0.4, -0.2) is 12.4 Å². The number of hydrogen-bond acceptors (Lipinski definition) is 2. The van der Waals surface area contributed by atoms with Crippen LogP contribution >= 0.6 is 31.9 Å². The number of hydrogen-bond donors (Lipinski definition) is 0. The minimum Gasteiger partial charge on any atom is -0.492 e. The van der Waals surface area contributed by atoms with E-state index >= 15 is 0 Å². The summed E-state index contributed by atoms with van der Waals surface area (Å²) in [6, 6.07) is 3.82. The molecule has 0 amide bonds. The van der Waals surface area contributed by atoms with Gasteiger partial charge in [-0.15, -0.1) is 0 Å². The van der Waals surface area contributed by atoms with Gasteiger partial charge in [0.15, 0.2) is 5.78 Å². The molecule has 1 aromatic carbocycles. The predicted molar refractivity (Wildman–Crippen MR) is 72.7 cm³/mol. The smallest absolute Gasteiger partial charge is 0.152 e. The third-order valence-corrected chi connectivity index (χ3v) is 2.87. The molecular weight excluding hydrogens is 336 g/mol. The maximum Gasteiger partial charge on any atom is 0.152 e. The van der Waals surface area contributed by atoms with E-state index in [1.165, 1.54) is 13.0 Å². The molecule has 0 aliphatic heterocycles. The second kappa shape index (κ2) is 6.21. The van der Waals surface area contributed by atoms with E-state index in [9.17, 15) is 4.79 Å². The standard InChI is InChI=1S/C12H12Br2O2/c1-3-16-12-9(5-4-8(2)15)6-10(13)7-11(12)14/h4-7H,3H2,1-2H3. The second-order valence-electron chi connectivity index (χ2n) is 3.18. The molecule has 0 aliphatic carbocycles. The van der Waals surface area contributed by atoms with E-state index < -0.39 is 0 Å². The average molecular weight is 348 g/mol. The molecule has 0 saturated heterocycles. The van der Waals surface area contributed by atoms with Gasteiger partial charge >= 0.3 is 0 Å². The van der Waals surface area contributed by atoms with Crippen molar-refractivity contribution in [2.24, 2.45) is 0 Å². The maximum absolute atomic E-state index is 10.9. The molecule has 0 atom stereocenters. The number of allylic oxidation sites excluding steroid dienone is 1. The van der Waals surface area contributed by atoms with Gasteiger partial charge < -0.3 is 4.74 Å². The number of ether oxygens (including phenoxy) is 1. The van der Waals surface area contributed by atoms with Gasteiger partial charge in [0.1, 0.15) is 5.75 Å². The predicted octanol–water partition coefficient (Wildman–Crippen LogP) is 4.21. The maximum atomic E-state index is 10.9. The van der Waals surface area contributed by atoms with Gasteiger partial charge in [-0.25, -0.2) is 0 Å². The molecule has 0 aromatic heterocycles. The SMILES string of the molecule is CCOc1c(Br)cc(Br)cc1C=CC(C)=O. The van der Waals surface area contributed by atoms with E-state index in [4.69, 9.17) is 4.74 Å². The van der Waals surface area contributed by atoms with Crippen LogP contribution in [0.3, 0.4) is 0 Å². The molecule has 0 aliphatic rings. The normalized spacial score (nSPS) is 10.8. The van der Waals surface area contributed by atoms with E-state index in [-0.39, 0.29) is 5.78 Å². The van der Waals surface area contributed by atoms with Gasteiger partial charge in [0.25, 0.3) is 0 Å². The van der Waals surface area contributed by atoms with Gasteiger partial charge in [0, 0.05) is 10.0 Å². The molecule has 1 aromatic rings. The highest BCUT2D eigenvalue weighted by molar-refractivity contribution is 9.11. The van der Waals surface area contributed by atoms with Crippen LogP contribution in [0.1, 0.15) is 19.4 Å². The Bertz CT molecular complexity index is 425. The molecule has 2 nitrogen and oxygen atoms in total. The van der Waals surface area contributed by atoms with Gasteiger partial charge in [-0.3, -0.25) is 4.79 Å². The van der Waals surface area contributed by atoms with E-state index in [1.807, 2.05) is 19.1 Å². The van der Waals surface area contributed by atoms with Crippen LogP contribution in [-0.2, 0) is 4.79 Å². The van der Waals surface area contributed by atoms with E-state index in [1.54, 1.807) is 6.08 Å². The van der Waals surface area contributed by atoms with Crippen LogP contribution in [0, 0.1) is 0 Å². The molecule has 0 spiro atoms. The monoisotopic (exact) mass is 346 g/mol. The van der Waals surface area contributed by atoms with Crippen molar-refractivity contribution in [1.29, 1.82) is 0 Å². The first kappa shape index (κ1) is 13.5. The molecular formula is C12H12Br2O2. The zero-order valence-corrected chi connectivity index (χ0v) is 12.3. The first-order chi connectivity index (χ1) is 7.54. The van der Waals surface area contributed by atoms with Crippen molar-refractivity contribution < 1.29 is 9.53 Å². The van der Waals surface area contributed by atoms with Gasteiger partial charge in [-0.2, -0.15) is 0 Å². The average Bonchev–Trinajstić information content (AvgIpc) is 2.19. The fourth-order valence-corrected chi connectivity index (χ4v) is 2.58. The van der Waals surface area contributed by atoms with Crippen molar-refractivity contribution in [2.75, 3.05) is 6.61 Å². The third-order valence-electron chi connectivity index (χ3n) is 1.82. The first-order valence-corrected chi connectivity index (χ1v) is 6.43. The van der Waals surface area contributed by atoms with Gasteiger partial charge in [0.2, 0.25) is 0 Å².